The molecule has 0 saturated carbocycles. The summed E-state index contributed by atoms with van der Waals surface area (Å²) >= 11 is 6.90. The molecule has 0 aliphatic heterocycles. The number of nitrogens with zero attached hydrogens (tertiary/aromatic N) is 4. The first kappa shape index (κ1) is 25.4. The van der Waals surface area contributed by atoms with Crippen molar-refractivity contribution >= 4 is 33.5 Å². The number of ether oxygens (including phenoxy) is 1. The lowest BCUT2D eigenvalue weighted by Crippen LogP contribution is -2.18. The van der Waals surface area contributed by atoms with E-state index in [9.17, 15) is 8.42 Å². The second kappa shape index (κ2) is 10.3. The molecule has 0 amide bonds. The second-order valence-corrected chi connectivity index (χ2v) is 10.6. The minimum atomic E-state index is -3.86. The zero-order valence-corrected chi connectivity index (χ0v) is 22.5. The van der Waals surface area contributed by atoms with Gasteiger partial charge in [0.2, 0.25) is 0 Å². The fourth-order valence-corrected chi connectivity index (χ4v) is 5.23. The van der Waals surface area contributed by atoms with Gasteiger partial charge in [0.15, 0.2) is 5.65 Å². The average molecular weight is 546 g/mol. The number of aryl methyl sites for hydroxylation is 2. The summed E-state index contributed by atoms with van der Waals surface area (Å²) in [4.78, 5) is 7.20. The molecule has 38 heavy (non-hydrogen) atoms. The fraction of sp³-hybridized carbons (Fsp3) is 0.107. The van der Waals surface area contributed by atoms with Gasteiger partial charge in [0.25, 0.3) is 10.0 Å². The van der Waals surface area contributed by atoms with Crippen molar-refractivity contribution in [2.75, 3.05) is 7.11 Å². The molecule has 0 atom stereocenters. The van der Waals surface area contributed by atoms with Crippen molar-refractivity contribution in [1.82, 2.24) is 19.4 Å². The van der Waals surface area contributed by atoms with Crippen molar-refractivity contribution in [3.05, 3.63) is 101 Å². The number of rotatable bonds is 7. The van der Waals surface area contributed by atoms with Crippen molar-refractivity contribution in [3.63, 3.8) is 0 Å². The molecular formula is C28H24ClN5O3S. The Morgan fingerprint density at radius 2 is 1.63 bits per heavy atom. The predicted molar refractivity (Wildman–Crippen MR) is 149 cm³/mol. The molecule has 3 aromatic carbocycles. The monoisotopic (exact) mass is 545 g/mol. The van der Waals surface area contributed by atoms with Gasteiger partial charge in [-0.05, 0) is 43.7 Å². The van der Waals surface area contributed by atoms with Crippen LogP contribution in [0.15, 0.2) is 88.9 Å². The van der Waals surface area contributed by atoms with Crippen molar-refractivity contribution in [2.24, 2.45) is 5.10 Å². The minimum Gasteiger partial charge on any atom is -0.497 e. The number of hydrazone groups is 1. The molecule has 0 spiro atoms. The van der Waals surface area contributed by atoms with Crippen LogP contribution < -0.4 is 9.57 Å². The maximum absolute atomic E-state index is 12.8. The Balaban J connectivity index is 1.62. The van der Waals surface area contributed by atoms with Crippen LogP contribution >= 0.6 is 11.6 Å². The molecule has 5 rings (SSSR count). The van der Waals surface area contributed by atoms with Crippen LogP contribution in [0.4, 0.5) is 0 Å². The lowest BCUT2D eigenvalue weighted by molar-refractivity contribution is 0.415. The summed E-state index contributed by atoms with van der Waals surface area (Å²) in [6.45, 7) is 3.75. The van der Waals surface area contributed by atoms with Gasteiger partial charge < -0.3 is 4.74 Å². The highest BCUT2D eigenvalue weighted by molar-refractivity contribution is 7.89. The molecule has 0 aliphatic rings. The number of nitrogens with one attached hydrogen (secondary N) is 1. The van der Waals surface area contributed by atoms with E-state index in [4.69, 9.17) is 26.4 Å². The molecule has 192 valence electrons. The summed E-state index contributed by atoms with van der Waals surface area (Å²) in [6.07, 6.45) is 1.41. The number of fused-ring (bicyclic) bond motifs is 1. The number of benzene rings is 3. The van der Waals surface area contributed by atoms with Gasteiger partial charge in [0.05, 0.1) is 29.5 Å². The number of halogens is 1. The summed E-state index contributed by atoms with van der Waals surface area (Å²) in [5, 5.41) is 9.19. The van der Waals surface area contributed by atoms with Crippen molar-refractivity contribution in [2.45, 2.75) is 18.7 Å². The van der Waals surface area contributed by atoms with Crippen molar-refractivity contribution in [3.8, 4) is 28.1 Å². The van der Waals surface area contributed by atoms with Crippen LogP contribution in [0.2, 0.25) is 5.15 Å². The molecule has 0 unspecified atom stereocenters. The molecule has 0 aliphatic carbocycles. The van der Waals surface area contributed by atoms with E-state index in [2.05, 4.69) is 9.93 Å². The van der Waals surface area contributed by atoms with Gasteiger partial charge in [-0.1, -0.05) is 71.8 Å². The Kier molecular flexibility index (Phi) is 6.88. The molecule has 8 nitrogen and oxygen atoms in total. The number of hydrogen-bond donors (Lipinski definition) is 1. The third-order valence-corrected chi connectivity index (χ3v) is 7.64. The highest BCUT2D eigenvalue weighted by Crippen LogP contribution is 2.34. The van der Waals surface area contributed by atoms with E-state index in [0.717, 1.165) is 28.0 Å². The molecule has 0 saturated heterocycles. The van der Waals surface area contributed by atoms with Crippen molar-refractivity contribution in [1.29, 1.82) is 0 Å². The SMILES string of the molecule is COc1ccc(-c2c(C)nc3c(/C=N/NS(=O)(=O)c4ccc(C)cc4)c(-c4ccccc4)nn3c2Cl)cc1. The minimum absolute atomic E-state index is 0.115. The topological polar surface area (TPSA) is 98.0 Å². The van der Waals surface area contributed by atoms with Gasteiger partial charge in [-0.3, -0.25) is 0 Å². The third-order valence-electron chi connectivity index (χ3n) is 6.05. The van der Waals surface area contributed by atoms with Crippen LogP contribution in [0.25, 0.3) is 28.0 Å². The summed E-state index contributed by atoms with van der Waals surface area (Å²) in [5.74, 6) is 0.730. The number of aromatic nitrogens is 3. The Hall–Kier alpha value is -4.21. The van der Waals surface area contributed by atoms with Crippen LogP contribution in [-0.2, 0) is 10.0 Å². The Morgan fingerprint density at radius 3 is 2.29 bits per heavy atom. The zero-order valence-electron chi connectivity index (χ0n) is 20.9. The molecular weight excluding hydrogens is 522 g/mol. The first-order valence-corrected chi connectivity index (χ1v) is 13.5. The normalized spacial score (nSPS) is 11.8. The fourth-order valence-electron chi connectivity index (χ4n) is 4.08. The van der Waals surface area contributed by atoms with E-state index < -0.39 is 10.0 Å². The molecule has 0 fully saturated rings. The maximum Gasteiger partial charge on any atom is 0.276 e. The summed E-state index contributed by atoms with van der Waals surface area (Å²) in [6, 6.07) is 23.5. The highest BCUT2D eigenvalue weighted by Gasteiger charge is 2.21. The van der Waals surface area contributed by atoms with Gasteiger partial charge in [-0.25, -0.2) is 14.3 Å². The standard InChI is InChI=1S/C28H24ClN5O3S/c1-18-9-15-23(16-10-18)38(35,36)33-30-17-24-26(21-7-5-4-6-8-21)32-34-27(29)25(19(2)31-28(24)34)20-11-13-22(37-3)14-12-20/h4-17,33H,1-3H3/b30-17+. The average Bonchev–Trinajstić information content (AvgIpc) is 3.28. The van der Waals surface area contributed by atoms with E-state index in [0.29, 0.717) is 27.8 Å². The van der Waals surface area contributed by atoms with Crippen molar-refractivity contribution < 1.29 is 13.2 Å². The molecule has 2 heterocycles. The van der Waals surface area contributed by atoms with Gasteiger partial charge in [-0.2, -0.15) is 18.6 Å². The van der Waals surface area contributed by atoms with E-state index >= 15 is 0 Å². The smallest absolute Gasteiger partial charge is 0.276 e. The van der Waals surface area contributed by atoms with Crippen LogP contribution in [0.1, 0.15) is 16.8 Å². The lowest BCUT2D eigenvalue weighted by Gasteiger charge is -2.10. The third kappa shape index (κ3) is 4.85. The van der Waals surface area contributed by atoms with Crippen LogP contribution in [0.3, 0.4) is 0 Å². The number of hydrogen-bond acceptors (Lipinski definition) is 6. The van der Waals surface area contributed by atoms with Gasteiger partial charge in [0.1, 0.15) is 16.6 Å². The molecule has 0 radical (unpaired) electrons. The summed E-state index contributed by atoms with van der Waals surface area (Å²) in [7, 11) is -2.25. The van der Waals surface area contributed by atoms with E-state index in [1.807, 2.05) is 68.4 Å². The zero-order chi connectivity index (χ0) is 26.9. The van der Waals surface area contributed by atoms with E-state index in [1.165, 1.54) is 18.3 Å². The van der Waals surface area contributed by atoms with Gasteiger partial charge in [0, 0.05) is 11.1 Å². The maximum atomic E-state index is 12.8. The first-order valence-electron chi connectivity index (χ1n) is 11.7. The first-order chi connectivity index (χ1) is 18.3. The molecule has 2 aromatic heterocycles. The second-order valence-electron chi connectivity index (χ2n) is 8.62. The largest absolute Gasteiger partial charge is 0.497 e. The Labute approximate surface area is 225 Å². The number of sulfonamides is 1. The van der Waals surface area contributed by atoms with E-state index in [1.54, 1.807) is 23.8 Å². The molecule has 0 bridgehead atoms. The van der Waals surface area contributed by atoms with Crippen LogP contribution in [0.5, 0.6) is 5.75 Å². The number of methoxy groups -OCH3 is 1. The lowest BCUT2D eigenvalue weighted by atomic mass is 10.1. The molecule has 10 heteroatoms. The Bertz CT molecular complexity index is 1750. The predicted octanol–water partition coefficient (Wildman–Crippen LogP) is 5.65. The highest BCUT2D eigenvalue weighted by atomic mass is 35.5. The summed E-state index contributed by atoms with van der Waals surface area (Å²) in [5.41, 5.74) is 5.56. The van der Waals surface area contributed by atoms with E-state index in [-0.39, 0.29) is 4.90 Å². The van der Waals surface area contributed by atoms with Crippen LogP contribution in [0, 0.1) is 13.8 Å². The molecule has 1 N–H and O–H groups in total. The van der Waals surface area contributed by atoms with Gasteiger partial charge in [-0.15, -0.1) is 0 Å². The summed E-state index contributed by atoms with van der Waals surface area (Å²) < 4.78 is 32.3. The molecule has 5 aromatic rings. The van der Waals surface area contributed by atoms with Gasteiger partial charge >= 0.3 is 0 Å². The van der Waals surface area contributed by atoms with Crippen LogP contribution in [-0.4, -0.2) is 36.3 Å². The quantitative estimate of drug-likeness (QED) is 0.162. The Morgan fingerprint density at radius 1 is 0.947 bits per heavy atom.